The number of ether oxygens (including phenoxy) is 1. The Balaban J connectivity index is 1.92. The van der Waals surface area contributed by atoms with Crippen LogP contribution in [0.4, 0.5) is 11.4 Å². The Bertz CT molecular complexity index is 695. The smallest absolute Gasteiger partial charge is 0.243 e. The monoisotopic (exact) mass is 310 g/mol. The van der Waals surface area contributed by atoms with E-state index in [9.17, 15) is 4.79 Å². The highest BCUT2D eigenvalue weighted by Gasteiger charge is 2.06. The van der Waals surface area contributed by atoms with Gasteiger partial charge in [-0.1, -0.05) is 30.8 Å². The van der Waals surface area contributed by atoms with Crippen molar-refractivity contribution in [2.45, 2.75) is 13.8 Å². The van der Waals surface area contributed by atoms with Gasteiger partial charge in [-0.05, 0) is 49.2 Å². The van der Waals surface area contributed by atoms with Gasteiger partial charge in [0, 0.05) is 5.69 Å². The molecule has 0 unspecified atom stereocenters. The van der Waals surface area contributed by atoms with Crippen molar-refractivity contribution >= 4 is 17.3 Å². The number of hydrogen-bond acceptors (Lipinski definition) is 3. The molecule has 4 heteroatoms. The molecule has 0 atom stereocenters. The van der Waals surface area contributed by atoms with Gasteiger partial charge in [-0.25, -0.2) is 0 Å². The number of amides is 1. The van der Waals surface area contributed by atoms with Gasteiger partial charge in [-0.15, -0.1) is 0 Å². The molecule has 0 saturated carbocycles. The zero-order chi connectivity index (χ0) is 16.7. The summed E-state index contributed by atoms with van der Waals surface area (Å²) in [5.41, 5.74) is 3.63. The fourth-order valence-electron chi connectivity index (χ4n) is 2.04. The maximum atomic E-state index is 12.0. The number of benzene rings is 2. The van der Waals surface area contributed by atoms with E-state index in [-0.39, 0.29) is 12.5 Å². The van der Waals surface area contributed by atoms with Gasteiger partial charge in [0.05, 0.1) is 12.2 Å². The van der Waals surface area contributed by atoms with E-state index in [0.29, 0.717) is 12.4 Å². The zero-order valence-electron chi connectivity index (χ0n) is 13.6. The fourth-order valence-corrected chi connectivity index (χ4v) is 2.04. The predicted molar refractivity (Wildman–Crippen MR) is 95.0 cm³/mol. The molecule has 1 amide bonds. The van der Waals surface area contributed by atoms with Crippen LogP contribution in [0.3, 0.4) is 0 Å². The van der Waals surface area contributed by atoms with Crippen molar-refractivity contribution in [3.05, 3.63) is 66.2 Å². The Hall–Kier alpha value is -2.75. The van der Waals surface area contributed by atoms with Crippen LogP contribution in [0.15, 0.2) is 60.7 Å². The maximum absolute atomic E-state index is 12.0. The number of aryl methyl sites for hydroxylation is 1. The van der Waals surface area contributed by atoms with Crippen LogP contribution in [0.2, 0.25) is 0 Å². The molecule has 0 spiro atoms. The van der Waals surface area contributed by atoms with Gasteiger partial charge in [0.15, 0.2) is 0 Å². The molecule has 2 aromatic carbocycles. The van der Waals surface area contributed by atoms with Crippen LogP contribution in [0.25, 0.3) is 0 Å². The van der Waals surface area contributed by atoms with Crippen LogP contribution < -0.4 is 15.4 Å². The molecule has 0 aliphatic rings. The van der Waals surface area contributed by atoms with E-state index >= 15 is 0 Å². The average Bonchev–Trinajstić information content (AvgIpc) is 2.51. The van der Waals surface area contributed by atoms with Gasteiger partial charge in [-0.2, -0.15) is 0 Å². The summed E-state index contributed by atoms with van der Waals surface area (Å²) in [7, 11) is 0. The van der Waals surface area contributed by atoms with E-state index in [0.717, 1.165) is 22.5 Å². The first-order valence-electron chi connectivity index (χ1n) is 7.51. The summed E-state index contributed by atoms with van der Waals surface area (Å²) in [5, 5.41) is 5.97. The molecule has 120 valence electrons. The molecule has 2 aromatic rings. The minimum atomic E-state index is -0.106. The van der Waals surface area contributed by atoms with Gasteiger partial charge >= 0.3 is 0 Å². The Morgan fingerprint density at radius 2 is 1.96 bits per heavy atom. The zero-order valence-corrected chi connectivity index (χ0v) is 13.6. The third kappa shape index (κ3) is 5.51. The topological polar surface area (TPSA) is 50.4 Å². The second kappa shape index (κ2) is 8.03. The maximum Gasteiger partial charge on any atom is 0.243 e. The molecule has 0 aromatic heterocycles. The number of nitrogens with one attached hydrogen (secondary N) is 2. The summed E-state index contributed by atoms with van der Waals surface area (Å²) in [6, 6.07) is 15.2. The average molecular weight is 310 g/mol. The van der Waals surface area contributed by atoms with Crippen LogP contribution in [-0.4, -0.2) is 19.1 Å². The Labute approximate surface area is 137 Å². The number of carbonyl (C=O) groups excluding carboxylic acids is 1. The Morgan fingerprint density at radius 1 is 1.17 bits per heavy atom. The van der Waals surface area contributed by atoms with E-state index in [1.54, 1.807) is 0 Å². The van der Waals surface area contributed by atoms with Crippen LogP contribution >= 0.6 is 0 Å². The molecule has 0 bridgehead atoms. The predicted octanol–water partition coefficient (Wildman–Crippen LogP) is 4.00. The molecular formula is C19H22N2O2. The lowest BCUT2D eigenvalue weighted by Gasteiger charge is -2.13. The molecule has 0 aliphatic carbocycles. The van der Waals surface area contributed by atoms with E-state index in [4.69, 9.17) is 4.74 Å². The summed E-state index contributed by atoms with van der Waals surface area (Å²) in [6.45, 7) is 8.34. The number of para-hydroxylation sites is 2. The van der Waals surface area contributed by atoms with E-state index in [1.165, 1.54) is 0 Å². The third-order valence-corrected chi connectivity index (χ3v) is 3.10. The minimum absolute atomic E-state index is 0.106. The molecule has 4 nitrogen and oxygen atoms in total. The van der Waals surface area contributed by atoms with Crippen LogP contribution in [0.5, 0.6) is 5.75 Å². The molecule has 0 radical (unpaired) electrons. The molecule has 0 saturated heterocycles. The third-order valence-electron chi connectivity index (χ3n) is 3.10. The van der Waals surface area contributed by atoms with Crippen LogP contribution in [0, 0.1) is 6.92 Å². The van der Waals surface area contributed by atoms with Crippen molar-refractivity contribution in [2.75, 3.05) is 23.8 Å². The largest absolute Gasteiger partial charge is 0.487 e. The van der Waals surface area contributed by atoms with Gasteiger partial charge in [-0.3, -0.25) is 4.79 Å². The van der Waals surface area contributed by atoms with E-state index in [2.05, 4.69) is 17.2 Å². The first-order chi connectivity index (χ1) is 11.0. The molecule has 0 heterocycles. The lowest BCUT2D eigenvalue weighted by molar-refractivity contribution is -0.114. The minimum Gasteiger partial charge on any atom is -0.487 e. The molecule has 23 heavy (non-hydrogen) atoms. The van der Waals surface area contributed by atoms with Crippen molar-refractivity contribution in [3.63, 3.8) is 0 Å². The molecular weight excluding hydrogens is 288 g/mol. The van der Waals surface area contributed by atoms with Crippen molar-refractivity contribution in [1.82, 2.24) is 0 Å². The summed E-state index contributed by atoms with van der Waals surface area (Å²) < 4.78 is 5.67. The molecule has 0 aliphatic heterocycles. The number of anilines is 2. The first kappa shape index (κ1) is 16.6. The SMILES string of the molecule is C=C(C)COc1ccccc1NCC(=O)Nc1cccc(C)c1. The molecule has 2 rings (SSSR count). The second-order valence-electron chi connectivity index (χ2n) is 5.51. The highest BCUT2D eigenvalue weighted by molar-refractivity contribution is 5.94. The van der Waals surface area contributed by atoms with Crippen molar-refractivity contribution in [3.8, 4) is 5.75 Å². The lowest BCUT2D eigenvalue weighted by Crippen LogP contribution is -2.22. The Kier molecular flexibility index (Phi) is 5.80. The molecule has 2 N–H and O–H groups in total. The van der Waals surface area contributed by atoms with Crippen LogP contribution in [0.1, 0.15) is 12.5 Å². The normalized spacial score (nSPS) is 10.0. The lowest BCUT2D eigenvalue weighted by atomic mass is 10.2. The van der Waals surface area contributed by atoms with Crippen molar-refractivity contribution < 1.29 is 9.53 Å². The second-order valence-corrected chi connectivity index (χ2v) is 5.51. The van der Waals surface area contributed by atoms with Crippen molar-refractivity contribution in [1.29, 1.82) is 0 Å². The van der Waals surface area contributed by atoms with E-state index in [1.807, 2.05) is 62.4 Å². The van der Waals surface area contributed by atoms with Crippen molar-refractivity contribution in [2.24, 2.45) is 0 Å². The van der Waals surface area contributed by atoms with Gasteiger partial charge in [0.1, 0.15) is 12.4 Å². The number of rotatable bonds is 7. The quantitative estimate of drug-likeness (QED) is 0.760. The summed E-state index contributed by atoms with van der Waals surface area (Å²) in [5.74, 6) is 0.601. The fraction of sp³-hybridized carbons (Fsp3) is 0.211. The standard InChI is InChI=1S/C19H22N2O2/c1-14(2)13-23-18-10-5-4-9-17(18)20-12-19(22)21-16-8-6-7-15(3)11-16/h4-11,20H,1,12-13H2,2-3H3,(H,21,22). The van der Waals surface area contributed by atoms with Gasteiger partial charge in [0.2, 0.25) is 5.91 Å². The van der Waals surface area contributed by atoms with Crippen LogP contribution in [-0.2, 0) is 4.79 Å². The highest BCUT2D eigenvalue weighted by Crippen LogP contribution is 2.23. The summed E-state index contributed by atoms with van der Waals surface area (Å²) in [4.78, 5) is 12.0. The molecule has 0 fully saturated rings. The first-order valence-corrected chi connectivity index (χ1v) is 7.51. The summed E-state index contributed by atoms with van der Waals surface area (Å²) in [6.07, 6.45) is 0. The Morgan fingerprint density at radius 3 is 2.70 bits per heavy atom. The number of carbonyl (C=O) groups is 1. The van der Waals surface area contributed by atoms with Gasteiger partial charge in [0.25, 0.3) is 0 Å². The van der Waals surface area contributed by atoms with E-state index < -0.39 is 0 Å². The number of hydrogen-bond donors (Lipinski definition) is 2. The summed E-state index contributed by atoms with van der Waals surface area (Å²) >= 11 is 0. The highest BCUT2D eigenvalue weighted by atomic mass is 16.5. The van der Waals surface area contributed by atoms with Gasteiger partial charge < -0.3 is 15.4 Å².